The predicted molar refractivity (Wildman–Crippen MR) is 273 cm³/mol. The van der Waals surface area contributed by atoms with Gasteiger partial charge in [0.05, 0.1) is 32.5 Å². The fourth-order valence-electron chi connectivity index (χ4n) is 8.86. The second-order valence-electron chi connectivity index (χ2n) is 20.6. The lowest BCUT2D eigenvalue weighted by Gasteiger charge is -2.51. The first kappa shape index (κ1) is 60.1. The first-order valence-electron chi connectivity index (χ1n) is 25.5. The van der Waals surface area contributed by atoms with E-state index >= 15 is 0 Å². The highest BCUT2D eigenvalue weighted by molar-refractivity contribution is 6.74. The lowest BCUT2D eigenvalue weighted by atomic mass is 9.94. The number of hydrogen-bond acceptors (Lipinski definition) is 19. The fourth-order valence-corrected chi connectivity index (χ4v) is 9.88. The van der Waals surface area contributed by atoms with E-state index in [0.717, 1.165) is 44.4 Å². The minimum absolute atomic E-state index is 0.0544. The van der Waals surface area contributed by atoms with Crippen molar-refractivity contribution in [2.75, 3.05) is 13.2 Å². The predicted octanol–water partition coefficient (Wildman–Crippen LogP) is 5.58. The Morgan fingerprint density at radius 2 is 0.987 bits per heavy atom. The van der Waals surface area contributed by atoms with E-state index < -0.39 is 137 Å². The number of aliphatic hydroxyl groups excluding tert-OH is 1. The van der Waals surface area contributed by atoms with Crippen LogP contribution in [-0.4, -0.2) is 148 Å². The van der Waals surface area contributed by atoms with Gasteiger partial charge in [0.2, 0.25) is 5.91 Å². The van der Waals surface area contributed by atoms with Crippen molar-refractivity contribution in [3.05, 3.63) is 108 Å². The van der Waals surface area contributed by atoms with E-state index in [1.807, 2.05) is 132 Å². The van der Waals surface area contributed by atoms with E-state index in [1.165, 1.54) is 6.92 Å². The smallest absolute Gasteiger partial charge is 0.303 e. The SMILES string of the molecule is CC(=O)N[C@@H]1[C@@H](O[C@@H]2O[C@@H](C)[C@@H](OCc3ccccc3)[C@@H](OCc3ccccc3)[C@@H]2OCc2ccccc2)[C@H](O[C@@H]2O[C@H](COC(C)=O)[C@H](OC(C)=O)[C@H](OC(C)=O)[C@H]2OC(C)=O)[C@@H](CO[Si](C)(C)C(C)(C)C)O[C@H]1O. The normalized spacial score (nSPS) is 29.9. The molecular formula is C55H75NO19Si. The summed E-state index contributed by atoms with van der Waals surface area (Å²) < 4.78 is 83.4. The van der Waals surface area contributed by atoms with Crippen molar-refractivity contribution < 1.29 is 90.3 Å². The first-order chi connectivity index (χ1) is 36.0. The average molecular weight is 1080 g/mol. The van der Waals surface area contributed by atoms with Crippen LogP contribution in [0.2, 0.25) is 18.1 Å². The van der Waals surface area contributed by atoms with Gasteiger partial charge in [0.25, 0.3) is 0 Å². The number of carbonyl (C=O) groups excluding carboxylic acids is 5. The highest BCUT2D eigenvalue weighted by Gasteiger charge is 2.58. The van der Waals surface area contributed by atoms with Gasteiger partial charge in [-0.25, -0.2) is 0 Å². The van der Waals surface area contributed by atoms with Gasteiger partial charge < -0.3 is 71.7 Å². The Kier molecular flexibility index (Phi) is 21.7. The van der Waals surface area contributed by atoms with E-state index in [2.05, 4.69) is 5.32 Å². The summed E-state index contributed by atoms with van der Waals surface area (Å²) in [5, 5.41) is 14.5. The fraction of sp³-hybridized carbons (Fsp3) is 0.582. The van der Waals surface area contributed by atoms with Crippen LogP contribution < -0.4 is 5.32 Å². The van der Waals surface area contributed by atoms with Gasteiger partial charge in [0.1, 0.15) is 55.4 Å². The van der Waals surface area contributed by atoms with Crippen LogP contribution in [-0.2, 0) is 105 Å². The molecule has 3 aliphatic rings. The average Bonchev–Trinajstić information content (AvgIpc) is 3.35. The Labute approximate surface area is 445 Å². The van der Waals surface area contributed by atoms with Crippen molar-refractivity contribution in [1.82, 2.24) is 5.32 Å². The summed E-state index contributed by atoms with van der Waals surface area (Å²) >= 11 is 0. The Balaban J connectivity index is 1.49. The molecule has 0 unspecified atom stereocenters. The lowest BCUT2D eigenvalue weighted by Crippen LogP contribution is -2.70. The quantitative estimate of drug-likeness (QED) is 0.0709. The largest absolute Gasteiger partial charge is 0.463 e. The van der Waals surface area contributed by atoms with Crippen LogP contribution in [0.3, 0.4) is 0 Å². The third-order valence-corrected chi connectivity index (χ3v) is 18.1. The minimum atomic E-state index is -2.63. The molecule has 2 N–H and O–H groups in total. The molecule has 15 atom stereocenters. The molecule has 3 heterocycles. The van der Waals surface area contributed by atoms with Gasteiger partial charge in [-0.1, -0.05) is 112 Å². The molecule has 1 amide bonds. The van der Waals surface area contributed by atoms with Gasteiger partial charge in [-0.3, -0.25) is 24.0 Å². The van der Waals surface area contributed by atoms with E-state index in [4.69, 9.17) is 61.3 Å². The summed E-state index contributed by atoms with van der Waals surface area (Å²) in [7, 11) is -2.63. The lowest BCUT2D eigenvalue weighted by molar-refractivity contribution is -0.376. The molecule has 0 aliphatic carbocycles. The molecule has 3 saturated heterocycles. The summed E-state index contributed by atoms with van der Waals surface area (Å²) in [6, 6.07) is 27.2. The Morgan fingerprint density at radius 1 is 0.539 bits per heavy atom. The summed E-state index contributed by atoms with van der Waals surface area (Å²) in [6.07, 6.45) is -18.9. The molecule has 0 aromatic heterocycles. The van der Waals surface area contributed by atoms with Crippen molar-refractivity contribution in [3.63, 3.8) is 0 Å². The zero-order chi connectivity index (χ0) is 55.3. The van der Waals surface area contributed by atoms with Gasteiger partial charge >= 0.3 is 23.9 Å². The molecular weight excluding hydrogens is 1010 g/mol. The van der Waals surface area contributed by atoms with E-state index in [0.29, 0.717) is 0 Å². The van der Waals surface area contributed by atoms with Crippen LogP contribution >= 0.6 is 0 Å². The Bertz CT molecular complexity index is 2340. The van der Waals surface area contributed by atoms with Gasteiger partial charge in [0.15, 0.2) is 45.5 Å². The van der Waals surface area contributed by atoms with Crippen molar-refractivity contribution in [2.24, 2.45) is 0 Å². The highest BCUT2D eigenvalue weighted by Crippen LogP contribution is 2.40. The molecule has 0 radical (unpaired) electrons. The van der Waals surface area contributed by atoms with Crippen LogP contribution in [0, 0.1) is 0 Å². The van der Waals surface area contributed by atoms with Crippen molar-refractivity contribution in [3.8, 4) is 0 Å². The molecule has 76 heavy (non-hydrogen) atoms. The molecule has 0 bridgehead atoms. The number of ether oxygens (including phenoxy) is 12. The molecule has 21 heteroatoms. The molecule has 6 rings (SSSR count). The topological polar surface area (TPSA) is 238 Å². The van der Waals surface area contributed by atoms with Crippen LogP contribution in [0.1, 0.15) is 79.0 Å². The zero-order valence-electron chi connectivity index (χ0n) is 45.2. The molecule has 0 saturated carbocycles. The number of amides is 1. The third kappa shape index (κ3) is 16.7. The monoisotopic (exact) mass is 1080 g/mol. The van der Waals surface area contributed by atoms with Crippen LogP contribution in [0.25, 0.3) is 0 Å². The van der Waals surface area contributed by atoms with E-state index in [9.17, 15) is 29.1 Å². The van der Waals surface area contributed by atoms with E-state index in [1.54, 1.807) is 0 Å². The summed E-state index contributed by atoms with van der Waals surface area (Å²) in [6.45, 7) is 17.3. The van der Waals surface area contributed by atoms with Gasteiger partial charge in [-0.05, 0) is 41.7 Å². The van der Waals surface area contributed by atoms with Crippen molar-refractivity contribution in [2.45, 2.75) is 192 Å². The van der Waals surface area contributed by atoms with Gasteiger partial charge in [0, 0.05) is 34.6 Å². The number of nitrogens with one attached hydrogen (secondary N) is 1. The maximum atomic E-state index is 13.2. The van der Waals surface area contributed by atoms with Crippen LogP contribution in [0.5, 0.6) is 0 Å². The summed E-state index contributed by atoms with van der Waals surface area (Å²) in [5.41, 5.74) is 2.58. The number of aliphatic hydroxyl groups is 1. The second-order valence-corrected chi connectivity index (χ2v) is 25.4. The maximum Gasteiger partial charge on any atom is 0.303 e. The zero-order valence-corrected chi connectivity index (χ0v) is 46.2. The number of hydrogen-bond donors (Lipinski definition) is 2. The molecule has 3 aromatic rings. The van der Waals surface area contributed by atoms with Gasteiger partial charge in [-0.15, -0.1) is 0 Å². The van der Waals surface area contributed by atoms with E-state index in [-0.39, 0.29) is 31.5 Å². The molecule has 3 fully saturated rings. The first-order valence-corrected chi connectivity index (χ1v) is 28.4. The summed E-state index contributed by atoms with van der Waals surface area (Å²) in [4.78, 5) is 64.0. The second kappa shape index (κ2) is 27.4. The van der Waals surface area contributed by atoms with Crippen molar-refractivity contribution >= 4 is 38.1 Å². The number of rotatable bonds is 22. The Hall–Kier alpha value is -5.17. The maximum absolute atomic E-state index is 13.2. The Morgan fingerprint density at radius 3 is 1.47 bits per heavy atom. The molecule has 3 aromatic carbocycles. The summed E-state index contributed by atoms with van der Waals surface area (Å²) in [5.74, 6) is -3.86. The van der Waals surface area contributed by atoms with Crippen LogP contribution in [0.15, 0.2) is 91.0 Å². The van der Waals surface area contributed by atoms with Crippen LogP contribution in [0.4, 0.5) is 0 Å². The number of esters is 4. The standard InChI is InChI=1S/C55H75NO19Si/c1-32-44(64-27-38-21-15-12-16-22-38)48(65-28-39-23-17-13-18-24-39)50(66-29-40-25-19-14-20-26-40)53(68-32)75-47-43(56-33(2)57)52(62)72-42(31-67-76(10,11)55(7,8)9)45(47)74-54-51(71-37(6)61)49(70-36(5)60)46(69-35(4)59)41(73-54)30-63-34(3)58/h12-26,32,41-54,62H,27-31H2,1-11H3,(H,56,57)/t32-,41+,42+,43+,44+,45+,46-,47+,48+,49-,50-,51+,52+,53-,54-/m0/s1. The van der Waals surface area contributed by atoms with Crippen molar-refractivity contribution in [1.29, 1.82) is 0 Å². The molecule has 418 valence electrons. The third-order valence-electron chi connectivity index (χ3n) is 13.6. The highest BCUT2D eigenvalue weighted by atomic mass is 28.4. The van der Waals surface area contributed by atoms with Gasteiger partial charge in [-0.2, -0.15) is 0 Å². The number of benzene rings is 3. The molecule has 20 nitrogen and oxygen atoms in total. The number of carbonyl (C=O) groups is 5. The molecule has 3 aliphatic heterocycles. The molecule has 0 spiro atoms. The minimum Gasteiger partial charge on any atom is -0.463 e.